The molecule has 0 unspecified atom stereocenters. The number of carbonyl (C=O) groups excluding carboxylic acids is 1. The van der Waals surface area contributed by atoms with Crippen LogP contribution in [-0.4, -0.2) is 29.3 Å². The maximum Gasteiger partial charge on any atom is 0.257 e. The second-order valence-corrected chi connectivity index (χ2v) is 5.55. The summed E-state index contributed by atoms with van der Waals surface area (Å²) in [5.41, 5.74) is 1.71. The molecule has 0 aromatic heterocycles. The minimum atomic E-state index is -0.236. The van der Waals surface area contributed by atoms with Crippen LogP contribution < -0.4 is 10.1 Å². The Kier molecular flexibility index (Phi) is 5.71. The summed E-state index contributed by atoms with van der Waals surface area (Å²) < 4.78 is 5.34. The number of nitrogens with one attached hydrogen (secondary N) is 1. The second-order valence-electron chi connectivity index (χ2n) is 5.11. The fourth-order valence-corrected chi connectivity index (χ4v) is 2.19. The van der Waals surface area contributed by atoms with Crippen LogP contribution in [0.2, 0.25) is 5.02 Å². The molecule has 2 aromatic carbocycles. The largest absolute Gasteiger partial charge is 0.504 e. The lowest BCUT2D eigenvalue weighted by Crippen LogP contribution is -2.30. The van der Waals surface area contributed by atoms with Crippen LogP contribution in [0.3, 0.4) is 0 Å². The van der Waals surface area contributed by atoms with Gasteiger partial charge in [0.05, 0.1) is 0 Å². The van der Waals surface area contributed by atoms with E-state index >= 15 is 0 Å². The van der Waals surface area contributed by atoms with E-state index in [4.69, 9.17) is 16.3 Å². The zero-order chi connectivity index (χ0) is 16.8. The third kappa shape index (κ3) is 5.07. The Labute approximate surface area is 139 Å². The number of phenols is 2. The number of carbonyl (C=O) groups is 1. The number of aromatic hydroxyl groups is 2. The van der Waals surface area contributed by atoms with E-state index < -0.39 is 0 Å². The number of hydrogen-bond donors (Lipinski definition) is 3. The van der Waals surface area contributed by atoms with Crippen molar-refractivity contribution >= 4 is 17.5 Å². The lowest BCUT2D eigenvalue weighted by molar-refractivity contribution is -0.123. The topological polar surface area (TPSA) is 78.8 Å². The minimum Gasteiger partial charge on any atom is -0.504 e. The van der Waals surface area contributed by atoms with Crippen molar-refractivity contribution in [1.82, 2.24) is 5.32 Å². The van der Waals surface area contributed by atoms with Gasteiger partial charge in [0.2, 0.25) is 0 Å². The van der Waals surface area contributed by atoms with Gasteiger partial charge in [-0.1, -0.05) is 11.6 Å². The molecule has 0 aliphatic rings. The van der Waals surface area contributed by atoms with Crippen molar-refractivity contribution in [2.45, 2.75) is 13.3 Å². The molecule has 0 saturated heterocycles. The molecule has 0 atom stereocenters. The van der Waals surface area contributed by atoms with Crippen molar-refractivity contribution in [3.63, 3.8) is 0 Å². The highest BCUT2D eigenvalue weighted by Gasteiger charge is 2.07. The van der Waals surface area contributed by atoms with Crippen molar-refractivity contribution < 1.29 is 19.7 Å². The highest BCUT2D eigenvalue weighted by atomic mass is 35.5. The summed E-state index contributed by atoms with van der Waals surface area (Å²) in [6, 6.07) is 9.76. The van der Waals surface area contributed by atoms with Crippen molar-refractivity contribution in [1.29, 1.82) is 0 Å². The van der Waals surface area contributed by atoms with Crippen molar-refractivity contribution in [2.24, 2.45) is 0 Å². The molecule has 0 fully saturated rings. The van der Waals surface area contributed by atoms with Crippen LogP contribution in [-0.2, 0) is 11.2 Å². The summed E-state index contributed by atoms with van der Waals surface area (Å²) in [7, 11) is 0. The minimum absolute atomic E-state index is 0.0819. The van der Waals surface area contributed by atoms with Gasteiger partial charge in [0.25, 0.3) is 5.91 Å². The third-order valence-corrected chi connectivity index (χ3v) is 3.59. The molecule has 0 bridgehead atoms. The van der Waals surface area contributed by atoms with Crippen LogP contribution >= 0.6 is 11.6 Å². The maximum atomic E-state index is 11.7. The first-order chi connectivity index (χ1) is 11.0. The Hall–Kier alpha value is -2.40. The summed E-state index contributed by atoms with van der Waals surface area (Å²) in [6.07, 6.45) is 0.548. The lowest BCUT2D eigenvalue weighted by atomic mass is 10.0. The van der Waals surface area contributed by atoms with Crippen molar-refractivity contribution in [2.75, 3.05) is 13.2 Å². The van der Waals surface area contributed by atoms with Crippen LogP contribution in [0.1, 0.15) is 11.1 Å². The van der Waals surface area contributed by atoms with E-state index in [1.165, 1.54) is 12.1 Å². The summed E-state index contributed by atoms with van der Waals surface area (Å²) >= 11 is 5.77. The Morgan fingerprint density at radius 3 is 2.52 bits per heavy atom. The molecular weight excluding hydrogens is 318 g/mol. The van der Waals surface area contributed by atoms with Gasteiger partial charge in [-0.25, -0.2) is 0 Å². The molecule has 0 heterocycles. The maximum absolute atomic E-state index is 11.7. The van der Waals surface area contributed by atoms with Gasteiger partial charge in [0, 0.05) is 11.6 Å². The molecule has 0 saturated carbocycles. The van der Waals surface area contributed by atoms with Gasteiger partial charge in [-0.05, 0) is 60.9 Å². The number of amides is 1. The Morgan fingerprint density at radius 1 is 1.17 bits per heavy atom. The predicted molar refractivity (Wildman–Crippen MR) is 88.2 cm³/mol. The van der Waals surface area contributed by atoms with Gasteiger partial charge < -0.3 is 20.3 Å². The molecule has 0 spiro atoms. The number of benzene rings is 2. The summed E-state index contributed by atoms with van der Waals surface area (Å²) in [6.45, 7) is 2.16. The number of aryl methyl sites for hydroxylation is 1. The van der Waals surface area contributed by atoms with Crippen LogP contribution in [0.15, 0.2) is 36.4 Å². The SMILES string of the molecule is Cc1cc(O)c(O)cc1CCNC(=O)COc1ccc(Cl)cc1. The first-order valence-corrected chi connectivity index (χ1v) is 7.50. The van der Waals surface area contributed by atoms with E-state index in [1.54, 1.807) is 24.3 Å². The second kappa shape index (κ2) is 7.74. The average molecular weight is 336 g/mol. The third-order valence-electron chi connectivity index (χ3n) is 3.33. The average Bonchev–Trinajstić information content (AvgIpc) is 2.52. The number of phenolic OH excluding ortho intramolecular Hbond substituents is 2. The number of rotatable bonds is 6. The van der Waals surface area contributed by atoms with Crippen molar-refractivity contribution in [3.05, 3.63) is 52.5 Å². The predicted octanol–water partition coefficient (Wildman–Crippen LogP) is 2.80. The van der Waals surface area contributed by atoms with E-state index in [0.29, 0.717) is 23.7 Å². The summed E-state index contributed by atoms with van der Waals surface area (Å²) in [5, 5.41) is 22.2. The quantitative estimate of drug-likeness (QED) is 0.709. The molecule has 0 aliphatic carbocycles. The van der Waals surface area contributed by atoms with E-state index in [9.17, 15) is 15.0 Å². The van der Waals surface area contributed by atoms with Gasteiger partial charge in [-0.3, -0.25) is 4.79 Å². The normalized spacial score (nSPS) is 10.3. The highest BCUT2D eigenvalue weighted by Crippen LogP contribution is 2.28. The Bertz CT molecular complexity index is 686. The fourth-order valence-electron chi connectivity index (χ4n) is 2.06. The molecule has 122 valence electrons. The monoisotopic (exact) mass is 335 g/mol. The number of halogens is 1. The number of ether oxygens (including phenoxy) is 1. The lowest BCUT2D eigenvalue weighted by Gasteiger charge is -2.10. The summed E-state index contributed by atoms with van der Waals surface area (Å²) in [5.74, 6) is 0.0269. The molecule has 2 aromatic rings. The Balaban J connectivity index is 1.76. The smallest absolute Gasteiger partial charge is 0.257 e. The molecule has 2 rings (SSSR count). The first-order valence-electron chi connectivity index (χ1n) is 7.12. The van der Waals surface area contributed by atoms with Crippen molar-refractivity contribution in [3.8, 4) is 17.2 Å². The van der Waals surface area contributed by atoms with Gasteiger partial charge >= 0.3 is 0 Å². The van der Waals surface area contributed by atoms with Gasteiger partial charge in [0.1, 0.15) is 5.75 Å². The number of hydrogen-bond acceptors (Lipinski definition) is 4. The van der Waals surface area contributed by atoms with E-state index in [2.05, 4.69) is 5.32 Å². The molecule has 23 heavy (non-hydrogen) atoms. The standard InChI is InChI=1S/C17H18ClNO4/c1-11-8-15(20)16(21)9-12(11)6-7-19-17(22)10-23-14-4-2-13(18)3-5-14/h2-5,8-9,20-21H,6-7,10H2,1H3,(H,19,22). The van der Waals surface area contributed by atoms with Gasteiger partial charge in [0.15, 0.2) is 18.1 Å². The molecule has 5 nitrogen and oxygen atoms in total. The van der Waals surface area contributed by atoms with Crippen LogP contribution in [0.4, 0.5) is 0 Å². The first kappa shape index (κ1) is 17.0. The fraction of sp³-hybridized carbons (Fsp3) is 0.235. The van der Waals surface area contributed by atoms with Crippen LogP contribution in [0.25, 0.3) is 0 Å². The molecule has 0 radical (unpaired) electrons. The zero-order valence-electron chi connectivity index (χ0n) is 12.7. The van der Waals surface area contributed by atoms with E-state index in [-0.39, 0.29) is 24.0 Å². The van der Waals surface area contributed by atoms with Crippen LogP contribution in [0, 0.1) is 6.92 Å². The van der Waals surface area contributed by atoms with Crippen LogP contribution in [0.5, 0.6) is 17.2 Å². The molecule has 6 heteroatoms. The van der Waals surface area contributed by atoms with E-state index in [1.807, 2.05) is 6.92 Å². The molecule has 0 aliphatic heterocycles. The zero-order valence-corrected chi connectivity index (χ0v) is 13.4. The van der Waals surface area contributed by atoms with Gasteiger partial charge in [-0.2, -0.15) is 0 Å². The molecule has 3 N–H and O–H groups in total. The Morgan fingerprint density at radius 2 is 1.83 bits per heavy atom. The van der Waals surface area contributed by atoms with E-state index in [0.717, 1.165) is 11.1 Å². The van der Waals surface area contributed by atoms with Gasteiger partial charge in [-0.15, -0.1) is 0 Å². The summed E-state index contributed by atoms with van der Waals surface area (Å²) in [4.78, 5) is 11.7. The molecular formula is C17H18ClNO4. The highest BCUT2D eigenvalue weighted by molar-refractivity contribution is 6.30. The molecule has 1 amide bonds.